The van der Waals surface area contributed by atoms with Crippen molar-refractivity contribution in [2.45, 2.75) is 31.6 Å². The Labute approximate surface area is 110 Å². The predicted octanol–water partition coefficient (Wildman–Crippen LogP) is 2.39. The minimum absolute atomic E-state index is 0.0887. The molecule has 7 heteroatoms. The third kappa shape index (κ3) is 2.91. The normalized spacial score (nSPS) is 18.0. The Kier molecular flexibility index (Phi) is 3.34. The highest BCUT2D eigenvalue weighted by Gasteiger charge is 2.36. The average molecular weight is 289 g/mol. The molecule has 104 valence electrons. The number of oxime groups is 1. The van der Waals surface area contributed by atoms with Crippen molar-refractivity contribution in [1.82, 2.24) is 0 Å². The van der Waals surface area contributed by atoms with Gasteiger partial charge in [0.1, 0.15) is 17.2 Å². The molecule has 0 atom stereocenters. The number of benzene rings is 1. The maximum atomic E-state index is 13.4. The second-order valence-corrected chi connectivity index (χ2v) is 6.96. The summed E-state index contributed by atoms with van der Waals surface area (Å²) in [5.41, 5.74) is -1.19. The molecule has 2 rings (SSSR count). The van der Waals surface area contributed by atoms with Gasteiger partial charge in [-0.25, -0.2) is 17.2 Å². The number of nitrogens with zero attached hydrogens (tertiary/aromatic N) is 1. The van der Waals surface area contributed by atoms with Gasteiger partial charge in [0.25, 0.3) is 0 Å². The van der Waals surface area contributed by atoms with E-state index in [9.17, 15) is 17.2 Å². The fraction of sp³-hybridized carbons (Fsp3) is 0.417. The summed E-state index contributed by atoms with van der Waals surface area (Å²) in [6, 6.07) is 3.22. The Morgan fingerprint density at radius 2 is 1.89 bits per heavy atom. The Morgan fingerprint density at radius 3 is 2.37 bits per heavy atom. The number of hydrogen-bond donors (Lipinski definition) is 0. The summed E-state index contributed by atoms with van der Waals surface area (Å²) in [6.07, 6.45) is 0.0887. The van der Waals surface area contributed by atoms with Crippen molar-refractivity contribution in [3.8, 4) is 0 Å². The highest BCUT2D eigenvalue weighted by Crippen LogP contribution is 2.27. The largest absolute Gasteiger partial charge is 0.389 e. The Balaban J connectivity index is 2.29. The fourth-order valence-electron chi connectivity index (χ4n) is 1.71. The molecule has 0 saturated heterocycles. The van der Waals surface area contributed by atoms with E-state index < -0.39 is 38.4 Å². The molecule has 0 fully saturated rings. The van der Waals surface area contributed by atoms with Crippen molar-refractivity contribution in [2.24, 2.45) is 5.16 Å². The van der Waals surface area contributed by atoms with Crippen LogP contribution in [0.3, 0.4) is 0 Å². The third-order valence-electron chi connectivity index (χ3n) is 2.73. The first-order valence-corrected chi connectivity index (χ1v) is 7.27. The van der Waals surface area contributed by atoms with Gasteiger partial charge in [0.2, 0.25) is 0 Å². The Hall–Kier alpha value is -1.50. The van der Waals surface area contributed by atoms with Crippen molar-refractivity contribution < 1.29 is 22.0 Å². The van der Waals surface area contributed by atoms with Gasteiger partial charge in [-0.1, -0.05) is 11.2 Å². The summed E-state index contributed by atoms with van der Waals surface area (Å²) in [5.74, 6) is -2.53. The van der Waals surface area contributed by atoms with Crippen molar-refractivity contribution >= 4 is 14.9 Å². The SMILES string of the molecule is CC1(C)CC(S(=O)(=O)Cc2c(F)cccc2F)=NO1. The molecule has 0 radical (unpaired) electrons. The summed E-state index contributed by atoms with van der Waals surface area (Å²) in [4.78, 5) is 4.96. The summed E-state index contributed by atoms with van der Waals surface area (Å²) >= 11 is 0. The van der Waals surface area contributed by atoms with Crippen LogP contribution in [-0.2, 0) is 20.4 Å². The summed E-state index contributed by atoms with van der Waals surface area (Å²) in [5, 5.41) is 3.32. The monoisotopic (exact) mass is 289 g/mol. The van der Waals surface area contributed by atoms with Gasteiger partial charge in [0.05, 0.1) is 5.75 Å². The molecule has 1 aliphatic rings. The maximum Gasteiger partial charge on any atom is 0.199 e. The summed E-state index contributed by atoms with van der Waals surface area (Å²) < 4.78 is 51.0. The van der Waals surface area contributed by atoms with Crippen LogP contribution in [0.15, 0.2) is 23.4 Å². The van der Waals surface area contributed by atoms with E-state index in [4.69, 9.17) is 4.84 Å². The number of rotatable bonds is 2. The Morgan fingerprint density at radius 1 is 1.32 bits per heavy atom. The predicted molar refractivity (Wildman–Crippen MR) is 66.2 cm³/mol. The molecule has 0 N–H and O–H groups in total. The van der Waals surface area contributed by atoms with E-state index in [2.05, 4.69) is 5.16 Å². The van der Waals surface area contributed by atoms with Gasteiger partial charge >= 0.3 is 0 Å². The highest BCUT2D eigenvalue weighted by molar-refractivity contribution is 8.05. The van der Waals surface area contributed by atoms with E-state index in [0.717, 1.165) is 12.1 Å². The Bertz CT molecular complexity index is 618. The fourth-order valence-corrected chi connectivity index (χ4v) is 3.25. The van der Waals surface area contributed by atoms with Crippen LogP contribution in [0, 0.1) is 11.6 Å². The first-order chi connectivity index (χ1) is 8.71. The van der Waals surface area contributed by atoms with E-state index in [1.807, 2.05) is 0 Å². The van der Waals surface area contributed by atoms with Gasteiger partial charge in [-0.05, 0) is 26.0 Å². The van der Waals surface area contributed by atoms with Crippen LogP contribution >= 0.6 is 0 Å². The molecule has 0 aromatic heterocycles. The van der Waals surface area contributed by atoms with E-state index in [1.54, 1.807) is 13.8 Å². The van der Waals surface area contributed by atoms with Crippen LogP contribution in [-0.4, -0.2) is 19.1 Å². The molecule has 0 bridgehead atoms. The lowest BCUT2D eigenvalue weighted by atomic mass is 10.1. The molecule has 0 amide bonds. The van der Waals surface area contributed by atoms with E-state index in [-0.39, 0.29) is 11.5 Å². The van der Waals surface area contributed by atoms with Crippen molar-refractivity contribution in [3.05, 3.63) is 35.4 Å². The summed E-state index contributed by atoms with van der Waals surface area (Å²) in [7, 11) is -3.88. The van der Waals surface area contributed by atoms with E-state index in [0.29, 0.717) is 0 Å². The lowest BCUT2D eigenvalue weighted by Crippen LogP contribution is -2.23. The van der Waals surface area contributed by atoms with Crippen LogP contribution in [0.2, 0.25) is 0 Å². The van der Waals surface area contributed by atoms with Crippen LogP contribution in [0.4, 0.5) is 8.78 Å². The third-order valence-corrected chi connectivity index (χ3v) is 4.33. The van der Waals surface area contributed by atoms with E-state index >= 15 is 0 Å². The van der Waals surface area contributed by atoms with Crippen molar-refractivity contribution in [1.29, 1.82) is 0 Å². The zero-order valence-corrected chi connectivity index (χ0v) is 11.3. The first kappa shape index (κ1) is 13.9. The molecule has 19 heavy (non-hydrogen) atoms. The molecule has 0 saturated carbocycles. The lowest BCUT2D eigenvalue weighted by molar-refractivity contribution is 0.0123. The minimum atomic E-state index is -3.88. The molecule has 1 aromatic carbocycles. The zero-order chi connectivity index (χ0) is 14.3. The van der Waals surface area contributed by atoms with E-state index in [1.165, 1.54) is 6.07 Å². The first-order valence-electron chi connectivity index (χ1n) is 5.62. The van der Waals surface area contributed by atoms with Gasteiger partial charge in [-0.3, -0.25) is 0 Å². The van der Waals surface area contributed by atoms with Crippen LogP contribution in [0.1, 0.15) is 25.8 Å². The van der Waals surface area contributed by atoms with Gasteiger partial charge < -0.3 is 4.84 Å². The molecular weight excluding hydrogens is 276 g/mol. The molecule has 1 aliphatic heterocycles. The number of sulfone groups is 1. The molecule has 1 aromatic rings. The second kappa shape index (κ2) is 4.56. The zero-order valence-electron chi connectivity index (χ0n) is 10.5. The second-order valence-electron chi connectivity index (χ2n) is 4.97. The quantitative estimate of drug-likeness (QED) is 0.840. The van der Waals surface area contributed by atoms with Gasteiger partial charge in [0, 0.05) is 12.0 Å². The number of halogens is 2. The molecule has 0 spiro atoms. The molecule has 0 aliphatic carbocycles. The van der Waals surface area contributed by atoms with Crippen LogP contribution in [0.5, 0.6) is 0 Å². The van der Waals surface area contributed by atoms with Crippen molar-refractivity contribution in [2.75, 3.05) is 0 Å². The van der Waals surface area contributed by atoms with Crippen LogP contribution < -0.4 is 0 Å². The molecular formula is C12H13F2NO3S. The maximum absolute atomic E-state index is 13.4. The van der Waals surface area contributed by atoms with Gasteiger partial charge in [0.15, 0.2) is 14.9 Å². The van der Waals surface area contributed by atoms with Gasteiger partial charge in [-0.15, -0.1) is 0 Å². The van der Waals surface area contributed by atoms with Crippen LogP contribution in [0.25, 0.3) is 0 Å². The average Bonchev–Trinajstić information content (AvgIpc) is 2.65. The minimum Gasteiger partial charge on any atom is -0.389 e. The molecule has 0 unspecified atom stereocenters. The molecule has 1 heterocycles. The molecule has 4 nitrogen and oxygen atoms in total. The number of hydrogen-bond acceptors (Lipinski definition) is 4. The topological polar surface area (TPSA) is 55.7 Å². The lowest BCUT2D eigenvalue weighted by Gasteiger charge is -2.13. The smallest absolute Gasteiger partial charge is 0.199 e. The highest BCUT2D eigenvalue weighted by atomic mass is 32.2. The standard InChI is InChI=1S/C12H13F2NO3S/c1-12(2)6-11(15-18-12)19(16,17)7-8-9(13)4-3-5-10(8)14/h3-5H,6-7H2,1-2H3. The van der Waals surface area contributed by atoms with Gasteiger partial charge in [-0.2, -0.15) is 0 Å². The van der Waals surface area contributed by atoms with Crippen molar-refractivity contribution in [3.63, 3.8) is 0 Å². The summed E-state index contributed by atoms with van der Waals surface area (Å²) in [6.45, 7) is 3.37.